The Morgan fingerprint density at radius 1 is 1.11 bits per heavy atom. The van der Waals surface area contributed by atoms with Crippen molar-refractivity contribution in [3.05, 3.63) is 94.0 Å². The number of aryl methyl sites for hydroxylation is 1. The number of nitrogens with one attached hydrogen (secondary N) is 1. The maximum absolute atomic E-state index is 13.0. The first-order chi connectivity index (χ1) is 17.1. The Morgan fingerprint density at radius 3 is 2.71 bits per heavy atom. The normalized spacial score (nSPS) is 14.9. The molecule has 1 aliphatic heterocycles. The number of hydrogen-bond acceptors (Lipinski definition) is 6. The van der Waals surface area contributed by atoms with Gasteiger partial charge in [0.1, 0.15) is 5.82 Å². The van der Waals surface area contributed by atoms with Gasteiger partial charge in [-0.05, 0) is 55.3 Å². The van der Waals surface area contributed by atoms with E-state index in [1.807, 2.05) is 43.3 Å². The number of aromatic nitrogens is 3. The van der Waals surface area contributed by atoms with Gasteiger partial charge in [-0.15, -0.1) is 0 Å². The van der Waals surface area contributed by atoms with Crippen molar-refractivity contribution in [2.45, 2.75) is 19.3 Å². The summed E-state index contributed by atoms with van der Waals surface area (Å²) in [5, 5.41) is 7.21. The summed E-state index contributed by atoms with van der Waals surface area (Å²) < 4.78 is 10.8. The first kappa shape index (κ1) is 22.8. The molecule has 0 aliphatic carbocycles. The van der Waals surface area contributed by atoms with Crippen LogP contribution in [-0.4, -0.2) is 34.2 Å². The Balaban J connectivity index is 1.33. The standard InChI is InChI=1S/C27H21ClN4O3/c1-17-13-19(8-7-18-5-3-2-4-6-18)15-29-24(17)30-26(33)22-14-20(9-10-23(22)28)25-31-27(35-32-25)21-11-12-34-16-21/h2-6,9-10,13-15,21H,11-12,16H2,1H3,(H,29,30,33). The number of pyridine rings is 1. The molecule has 2 aromatic carbocycles. The zero-order valence-electron chi connectivity index (χ0n) is 18.9. The van der Waals surface area contributed by atoms with E-state index < -0.39 is 0 Å². The summed E-state index contributed by atoms with van der Waals surface area (Å²) in [7, 11) is 0. The largest absolute Gasteiger partial charge is 0.381 e. The van der Waals surface area contributed by atoms with E-state index in [1.165, 1.54) is 0 Å². The smallest absolute Gasteiger partial charge is 0.258 e. The van der Waals surface area contributed by atoms with Crippen molar-refractivity contribution >= 4 is 23.3 Å². The highest BCUT2D eigenvalue weighted by molar-refractivity contribution is 6.34. The van der Waals surface area contributed by atoms with E-state index in [0.717, 1.165) is 23.1 Å². The Morgan fingerprint density at radius 2 is 1.94 bits per heavy atom. The lowest BCUT2D eigenvalue weighted by Gasteiger charge is -2.09. The van der Waals surface area contributed by atoms with Gasteiger partial charge >= 0.3 is 0 Å². The molecule has 1 unspecified atom stereocenters. The monoisotopic (exact) mass is 484 g/mol. The number of rotatable bonds is 4. The first-order valence-corrected chi connectivity index (χ1v) is 11.5. The molecule has 1 saturated heterocycles. The molecule has 174 valence electrons. The number of halogens is 1. The van der Waals surface area contributed by atoms with Crippen LogP contribution in [0.5, 0.6) is 0 Å². The summed E-state index contributed by atoms with van der Waals surface area (Å²) in [6, 6.07) is 16.6. The number of hydrogen-bond donors (Lipinski definition) is 1. The molecule has 1 amide bonds. The number of ether oxygens (including phenoxy) is 1. The molecule has 8 heteroatoms. The van der Waals surface area contributed by atoms with Crippen molar-refractivity contribution in [3.8, 4) is 23.2 Å². The molecule has 3 heterocycles. The van der Waals surface area contributed by atoms with Gasteiger partial charge in [0, 0.05) is 29.5 Å². The Hall–Kier alpha value is -3.99. The molecule has 2 aromatic heterocycles. The maximum Gasteiger partial charge on any atom is 0.258 e. The van der Waals surface area contributed by atoms with Crippen LogP contribution < -0.4 is 5.32 Å². The minimum atomic E-state index is -0.386. The highest BCUT2D eigenvalue weighted by Gasteiger charge is 2.24. The van der Waals surface area contributed by atoms with E-state index in [0.29, 0.717) is 41.3 Å². The van der Waals surface area contributed by atoms with Gasteiger partial charge in [0.15, 0.2) is 0 Å². The van der Waals surface area contributed by atoms with Crippen LogP contribution in [0.1, 0.15) is 45.3 Å². The zero-order chi connectivity index (χ0) is 24.2. The van der Waals surface area contributed by atoms with Crippen LogP contribution in [0.15, 0.2) is 65.3 Å². The molecule has 35 heavy (non-hydrogen) atoms. The average Bonchev–Trinajstić information content (AvgIpc) is 3.58. The van der Waals surface area contributed by atoms with E-state index in [4.69, 9.17) is 20.9 Å². The molecule has 1 fully saturated rings. The minimum absolute atomic E-state index is 0.0979. The summed E-state index contributed by atoms with van der Waals surface area (Å²) in [6.45, 7) is 3.11. The second-order valence-electron chi connectivity index (χ2n) is 8.17. The van der Waals surface area contributed by atoms with Gasteiger partial charge in [-0.3, -0.25) is 4.79 Å². The van der Waals surface area contributed by atoms with E-state index in [2.05, 4.69) is 32.3 Å². The molecule has 0 bridgehead atoms. The molecular weight excluding hydrogens is 464 g/mol. The fourth-order valence-electron chi connectivity index (χ4n) is 3.70. The minimum Gasteiger partial charge on any atom is -0.381 e. The first-order valence-electron chi connectivity index (χ1n) is 11.1. The lowest BCUT2D eigenvalue weighted by atomic mass is 10.1. The van der Waals surface area contributed by atoms with Crippen molar-refractivity contribution in [2.24, 2.45) is 0 Å². The van der Waals surface area contributed by atoms with Crippen molar-refractivity contribution in [3.63, 3.8) is 0 Å². The van der Waals surface area contributed by atoms with Gasteiger partial charge in [0.2, 0.25) is 11.7 Å². The van der Waals surface area contributed by atoms with Crippen LogP contribution in [0.3, 0.4) is 0 Å². The highest BCUT2D eigenvalue weighted by atomic mass is 35.5. The van der Waals surface area contributed by atoms with E-state index >= 15 is 0 Å². The Labute approximate surface area is 207 Å². The lowest BCUT2D eigenvalue weighted by molar-refractivity contribution is 0.102. The summed E-state index contributed by atoms with van der Waals surface area (Å²) in [6.07, 6.45) is 2.48. The van der Waals surface area contributed by atoms with Gasteiger partial charge in [-0.25, -0.2) is 4.98 Å². The fourth-order valence-corrected chi connectivity index (χ4v) is 3.90. The zero-order valence-corrected chi connectivity index (χ0v) is 19.7. The number of carbonyl (C=O) groups is 1. The molecule has 1 aliphatic rings. The topological polar surface area (TPSA) is 90.1 Å². The quantitative estimate of drug-likeness (QED) is 0.398. The van der Waals surface area contributed by atoms with Crippen LogP contribution in [0.2, 0.25) is 5.02 Å². The highest BCUT2D eigenvalue weighted by Crippen LogP contribution is 2.28. The Kier molecular flexibility index (Phi) is 6.57. The van der Waals surface area contributed by atoms with E-state index in [1.54, 1.807) is 24.4 Å². The Bertz CT molecular complexity index is 1430. The van der Waals surface area contributed by atoms with Gasteiger partial charge in [0.25, 0.3) is 5.91 Å². The van der Waals surface area contributed by atoms with Crippen LogP contribution in [0, 0.1) is 18.8 Å². The second-order valence-corrected chi connectivity index (χ2v) is 8.58. The van der Waals surface area contributed by atoms with Gasteiger partial charge < -0.3 is 14.6 Å². The van der Waals surface area contributed by atoms with Crippen molar-refractivity contribution in [1.29, 1.82) is 0 Å². The molecule has 4 aromatic rings. The van der Waals surface area contributed by atoms with Crippen molar-refractivity contribution < 1.29 is 14.1 Å². The molecule has 7 nitrogen and oxygen atoms in total. The lowest BCUT2D eigenvalue weighted by Crippen LogP contribution is -2.14. The third-order valence-corrected chi connectivity index (χ3v) is 5.95. The summed E-state index contributed by atoms with van der Waals surface area (Å²) >= 11 is 6.34. The van der Waals surface area contributed by atoms with Crippen molar-refractivity contribution in [2.75, 3.05) is 18.5 Å². The summed E-state index contributed by atoms with van der Waals surface area (Å²) in [5.41, 5.74) is 3.37. The maximum atomic E-state index is 13.0. The predicted molar refractivity (Wildman–Crippen MR) is 132 cm³/mol. The molecule has 5 rings (SSSR count). The summed E-state index contributed by atoms with van der Waals surface area (Å²) in [4.78, 5) is 21.9. The van der Waals surface area contributed by atoms with Gasteiger partial charge in [-0.2, -0.15) is 4.98 Å². The van der Waals surface area contributed by atoms with Crippen LogP contribution in [0.25, 0.3) is 11.4 Å². The molecule has 0 radical (unpaired) electrons. The molecule has 0 spiro atoms. The molecule has 1 atom stereocenters. The second kappa shape index (κ2) is 10.1. The van der Waals surface area contributed by atoms with Gasteiger partial charge in [-0.1, -0.05) is 46.8 Å². The summed E-state index contributed by atoms with van der Waals surface area (Å²) in [5.74, 6) is 7.28. The average molecular weight is 485 g/mol. The van der Waals surface area contributed by atoms with Crippen LogP contribution >= 0.6 is 11.6 Å². The van der Waals surface area contributed by atoms with Crippen LogP contribution in [0.4, 0.5) is 5.82 Å². The number of nitrogens with zero attached hydrogens (tertiary/aromatic N) is 3. The van der Waals surface area contributed by atoms with Crippen LogP contribution in [-0.2, 0) is 4.74 Å². The third kappa shape index (κ3) is 5.24. The molecule has 1 N–H and O–H groups in total. The SMILES string of the molecule is Cc1cc(C#Cc2ccccc2)cnc1NC(=O)c1cc(-c2noc(C3CCOC3)n2)ccc1Cl. The molecular formula is C27H21ClN4O3. The van der Waals surface area contributed by atoms with E-state index in [-0.39, 0.29) is 17.4 Å². The number of carbonyl (C=O) groups excluding carboxylic acids is 1. The number of benzene rings is 2. The number of anilines is 1. The predicted octanol–water partition coefficient (Wildman–Crippen LogP) is 5.25. The number of amides is 1. The van der Waals surface area contributed by atoms with Gasteiger partial charge in [0.05, 0.1) is 23.1 Å². The third-order valence-electron chi connectivity index (χ3n) is 5.63. The molecule has 0 saturated carbocycles. The van der Waals surface area contributed by atoms with E-state index in [9.17, 15) is 4.79 Å². The van der Waals surface area contributed by atoms with Crippen molar-refractivity contribution in [1.82, 2.24) is 15.1 Å². The fraction of sp³-hybridized carbons (Fsp3) is 0.185.